The van der Waals surface area contributed by atoms with Gasteiger partial charge in [-0.3, -0.25) is 9.59 Å². The van der Waals surface area contributed by atoms with Crippen LogP contribution in [0.2, 0.25) is 0 Å². The fourth-order valence-electron chi connectivity index (χ4n) is 4.75. The molecule has 6 nitrogen and oxygen atoms in total. The lowest BCUT2D eigenvalue weighted by Crippen LogP contribution is -2.28. The summed E-state index contributed by atoms with van der Waals surface area (Å²) < 4.78 is 6.56. The standard InChI is InChI=1S/C24H18BrN3O3/c25-19-9-14(5-8-20(19)31-13-18-4-2-1-3-17(18)11-26)12-27-28-23(29)21-15-6-7-16(10-15)22(21)24(28)30/h1-9,12,15-16,21-22H,10,13H2/b27-12-/t15-,16-,21+,22+/m0/s1. The Hall–Kier alpha value is -3.24. The van der Waals surface area contributed by atoms with Gasteiger partial charge in [0.25, 0.3) is 11.8 Å². The Bertz CT molecular complexity index is 1150. The van der Waals surface area contributed by atoms with Gasteiger partial charge in [-0.15, -0.1) is 0 Å². The maximum Gasteiger partial charge on any atom is 0.254 e. The van der Waals surface area contributed by atoms with Crippen molar-refractivity contribution in [2.24, 2.45) is 28.8 Å². The predicted octanol–water partition coefficient (Wildman–Crippen LogP) is 4.04. The van der Waals surface area contributed by atoms with Crippen LogP contribution in [0.15, 0.2) is 64.2 Å². The smallest absolute Gasteiger partial charge is 0.254 e. The minimum Gasteiger partial charge on any atom is -0.488 e. The molecule has 1 heterocycles. The molecule has 4 atom stereocenters. The van der Waals surface area contributed by atoms with Crippen LogP contribution in [0.5, 0.6) is 5.75 Å². The average molecular weight is 476 g/mol. The number of amides is 2. The van der Waals surface area contributed by atoms with E-state index in [1.807, 2.05) is 24.3 Å². The van der Waals surface area contributed by atoms with Gasteiger partial charge in [-0.1, -0.05) is 30.4 Å². The minimum absolute atomic E-state index is 0.170. The van der Waals surface area contributed by atoms with Crippen LogP contribution in [-0.4, -0.2) is 23.0 Å². The molecule has 1 saturated heterocycles. The number of nitriles is 1. The summed E-state index contributed by atoms with van der Waals surface area (Å²) in [5.74, 6) is 0.0654. The number of carbonyl (C=O) groups excluding carboxylic acids is 2. The highest BCUT2D eigenvalue weighted by molar-refractivity contribution is 9.10. The molecule has 0 aromatic heterocycles. The van der Waals surface area contributed by atoms with E-state index in [0.29, 0.717) is 15.8 Å². The van der Waals surface area contributed by atoms with Crippen molar-refractivity contribution in [3.8, 4) is 11.8 Å². The first-order valence-electron chi connectivity index (χ1n) is 10.1. The number of carbonyl (C=O) groups is 2. The summed E-state index contributed by atoms with van der Waals surface area (Å²) in [5, 5.41) is 14.4. The summed E-state index contributed by atoms with van der Waals surface area (Å²) in [6.07, 6.45) is 6.55. The molecule has 2 bridgehead atoms. The van der Waals surface area contributed by atoms with E-state index >= 15 is 0 Å². The second-order valence-electron chi connectivity index (χ2n) is 7.98. The van der Waals surface area contributed by atoms with Gasteiger partial charge < -0.3 is 4.74 Å². The molecule has 2 fully saturated rings. The number of nitrogens with zero attached hydrogens (tertiary/aromatic N) is 3. The number of rotatable bonds is 5. The monoisotopic (exact) mass is 475 g/mol. The third kappa shape index (κ3) is 3.37. The van der Waals surface area contributed by atoms with E-state index in [1.54, 1.807) is 18.2 Å². The fraction of sp³-hybridized carbons (Fsp3) is 0.250. The van der Waals surface area contributed by atoms with Crippen molar-refractivity contribution in [1.82, 2.24) is 5.01 Å². The van der Waals surface area contributed by atoms with Gasteiger partial charge in [0.2, 0.25) is 0 Å². The van der Waals surface area contributed by atoms with Gasteiger partial charge >= 0.3 is 0 Å². The number of fused-ring (bicyclic) bond motifs is 5. The summed E-state index contributed by atoms with van der Waals surface area (Å²) in [7, 11) is 0. The Morgan fingerprint density at radius 1 is 1.13 bits per heavy atom. The van der Waals surface area contributed by atoms with Crippen LogP contribution in [-0.2, 0) is 16.2 Å². The Morgan fingerprint density at radius 2 is 1.84 bits per heavy atom. The lowest BCUT2D eigenvalue weighted by atomic mass is 9.85. The largest absolute Gasteiger partial charge is 0.488 e. The third-order valence-corrected chi connectivity index (χ3v) is 6.87. The molecule has 2 aliphatic carbocycles. The van der Waals surface area contributed by atoms with E-state index < -0.39 is 0 Å². The first-order chi connectivity index (χ1) is 15.1. The normalized spacial score (nSPS) is 26.0. The Balaban J connectivity index is 1.27. The molecule has 154 valence electrons. The first kappa shape index (κ1) is 19.7. The van der Waals surface area contributed by atoms with Crippen molar-refractivity contribution in [2.75, 3.05) is 0 Å². The second-order valence-corrected chi connectivity index (χ2v) is 8.83. The van der Waals surface area contributed by atoms with Crippen molar-refractivity contribution in [2.45, 2.75) is 13.0 Å². The molecular formula is C24H18BrN3O3. The molecule has 31 heavy (non-hydrogen) atoms. The molecule has 2 aromatic rings. The maximum atomic E-state index is 12.7. The van der Waals surface area contributed by atoms with Crippen LogP contribution in [0.4, 0.5) is 0 Å². The van der Waals surface area contributed by atoms with Crippen molar-refractivity contribution in [1.29, 1.82) is 5.26 Å². The molecular weight excluding hydrogens is 458 g/mol. The molecule has 3 aliphatic rings. The first-order valence-corrected chi connectivity index (χ1v) is 10.9. The summed E-state index contributed by atoms with van der Waals surface area (Å²) in [6, 6.07) is 14.8. The van der Waals surface area contributed by atoms with Crippen LogP contribution in [0.25, 0.3) is 0 Å². The molecule has 0 N–H and O–H groups in total. The molecule has 2 amide bonds. The second kappa shape index (κ2) is 7.78. The summed E-state index contributed by atoms with van der Waals surface area (Å²) in [5.41, 5.74) is 2.12. The number of ether oxygens (including phenoxy) is 1. The lowest BCUT2D eigenvalue weighted by Gasteiger charge is -2.13. The molecule has 0 radical (unpaired) electrons. The summed E-state index contributed by atoms with van der Waals surface area (Å²) >= 11 is 3.49. The van der Waals surface area contributed by atoms with Crippen LogP contribution in [0, 0.1) is 35.0 Å². The highest BCUT2D eigenvalue weighted by Crippen LogP contribution is 2.52. The highest BCUT2D eigenvalue weighted by atomic mass is 79.9. The van der Waals surface area contributed by atoms with E-state index in [2.05, 4.69) is 39.3 Å². The SMILES string of the molecule is N#Cc1ccccc1COc1ccc(/C=N\N2C(=O)[C@H]3[C@H](C2=O)[C@H]2C=C[C@H]3C2)cc1Br. The third-order valence-electron chi connectivity index (χ3n) is 6.25. The zero-order valence-electron chi connectivity index (χ0n) is 16.4. The Kier molecular flexibility index (Phi) is 4.95. The molecule has 0 spiro atoms. The van der Waals surface area contributed by atoms with Gasteiger partial charge in [0.05, 0.1) is 34.2 Å². The average Bonchev–Trinajstić information content (AvgIpc) is 3.46. The van der Waals surface area contributed by atoms with Gasteiger partial charge in [-0.25, -0.2) is 0 Å². The maximum absolute atomic E-state index is 12.7. The number of halogens is 1. The Morgan fingerprint density at radius 3 is 2.52 bits per heavy atom. The molecule has 0 unspecified atom stereocenters. The summed E-state index contributed by atoms with van der Waals surface area (Å²) in [6.45, 7) is 0.270. The van der Waals surface area contributed by atoms with Crippen LogP contribution >= 0.6 is 15.9 Å². The predicted molar refractivity (Wildman–Crippen MR) is 117 cm³/mol. The van der Waals surface area contributed by atoms with Crippen LogP contribution < -0.4 is 4.74 Å². The number of imide groups is 1. The molecule has 1 saturated carbocycles. The van der Waals surface area contributed by atoms with E-state index in [9.17, 15) is 14.9 Å². The minimum atomic E-state index is -0.251. The number of benzene rings is 2. The van der Waals surface area contributed by atoms with Gasteiger partial charge in [0.15, 0.2) is 0 Å². The number of hydrogen-bond acceptors (Lipinski definition) is 5. The molecule has 2 aromatic carbocycles. The summed E-state index contributed by atoms with van der Waals surface area (Å²) in [4.78, 5) is 25.4. The van der Waals surface area contributed by atoms with E-state index in [4.69, 9.17) is 4.74 Å². The topological polar surface area (TPSA) is 82.8 Å². The number of hydrogen-bond donors (Lipinski definition) is 0. The highest BCUT2D eigenvalue weighted by Gasteiger charge is 2.59. The quantitative estimate of drug-likeness (QED) is 0.371. The van der Waals surface area contributed by atoms with Gasteiger partial charge in [-0.05, 0) is 64.0 Å². The van der Waals surface area contributed by atoms with Crippen molar-refractivity contribution < 1.29 is 14.3 Å². The van der Waals surface area contributed by atoms with Crippen molar-refractivity contribution >= 4 is 34.0 Å². The number of allylic oxidation sites excluding steroid dienone is 2. The van der Waals surface area contributed by atoms with Crippen molar-refractivity contribution in [3.05, 3.63) is 75.8 Å². The number of hydrazone groups is 1. The van der Waals surface area contributed by atoms with Crippen molar-refractivity contribution in [3.63, 3.8) is 0 Å². The molecule has 5 rings (SSSR count). The van der Waals surface area contributed by atoms with Gasteiger partial charge in [0, 0.05) is 5.56 Å². The van der Waals surface area contributed by atoms with Gasteiger partial charge in [-0.2, -0.15) is 15.4 Å². The van der Waals surface area contributed by atoms with Crippen LogP contribution in [0.1, 0.15) is 23.1 Å². The van der Waals surface area contributed by atoms with E-state index in [1.165, 1.54) is 6.21 Å². The zero-order valence-corrected chi connectivity index (χ0v) is 18.0. The lowest BCUT2D eigenvalue weighted by molar-refractivity contribution is -0.140. The Labute approximate surface area is 187 Å². The van der Waals surface area contributed by atoms with Crippen LogP contribution in [0.3, 0.4) is 0 Å². The fourth-order valence-corrected chi connectivity index (χ4v) is 5.26. The van der Waals surface area contributed by atoms with E-state index in [-0.39, 0.29) is 42.1 Å². The van der Waals surface area contributed by atoms with Gasteiger partial charge in [0.1, 0.15) is 12.4 Å². The molecule has 7 heteroatoms. The molecule has 1 aliphatic heterocycles. The zero-order chi connectivity index (χ0) is 21.5. The van der Waals surface area contributed by atoms with E-state index in [0.717, 1.165) is 22.6 Å².